The first-order valence-electron chi connectivity index (χ1n) is 7.33. The number of thioether (sulfide) groups is 1. The first-order chi connectivity index (χ1) is 11.1. The predicted molar refractivity (Wildman–Crippen MR) is 102 cm³/mol. The highest BCUT2D eigenvalue weighted by Gasteiger charge is 2.22. The van der Waals surface area contributed by atoms with E-state index < -0.39 is 6.04 Å². The summed E-state index contributed by atoms with van der Waals surface area (Å²) < 4.78 is 5.29. The van der Waals surface area contributed by atoms with Gasteiger partial charge in [-0.2, -0.15) is 0 Å². The van der Waals surface area contributed by atoms with E-state index in [2.05, 4.69) is 12.1 Å². The second-order valence-electron chi connectivity index (χ2n) is 5.26. The Bertz CT molecular complexity index is 664. The molecular formula is C18H23ClN2O2S. The van der Waals surface area contributed by atoms with Gasteiger partial charge in [-0.15, -0.1) is 24.2 Å². The highest BCUT2D eigenvalue weighted by atomic mass is 35.5. The molecule has 24 heavy (non-hydrogen) atoms. The van der Waals surface area contributed by atoms with Crippen LogP contribution in [0.3, 0.4) is 0 Å². The van der Waals surface area contributed by atoms with Crippen molar-refractivity contribution in [1.29, 1.82) is 0 Å². The molecule has 1 amide bonds. The van der Waals surface area contributed by atoms with Crippen LogP contribution in [-0.4, -0.2) is 31.2 Å². The molecule has 0 aliphatic carbocycles. The zero-order valence-electron chi connectivity index (χ0n) is 14.1. The minimum absolute atomic E-state index is 0. The van der Waals surface area contributed by atoms with Crippen molar-refractivity contribution in [3.63, 3.8) is 0 Å². The number of carbonyl (C=O) groups excluding carboxylic acids is 1. The number of nitrogens with two attached hydrogens (primary N) is 1. The molecule has 130 valence electrons. The van der Waals surface area contributed by atoms with Gasteiger partial charge in [0.15, 0.2) is 0 Å². The van der Waals surface area contributed by atoms with E-state index in [-0.39, 0.29) is 18.3 Å². The molecule has 0 bridgehead atoms. The number of nitrogens with zero attached hydrogens (tertiary/aromatic N) is 1. The number of para-hydroxylation sites is 1. The van der Waals surface area contributed by atoms with Crippen molar-refractivity contribution in [2.24, 2.45) is 5.73 Å². The van der Waals surface area contributed by atoms with Crippen molar-refractivity contribution in [3.8, 4) is 5.75 Å². The Hall–Kier alpha value is -1.69. The number of likely N-dealkylation sites (N-methyl/N-ethyl adjacent to an activating group) is 1. The Labute approximate surface area is 153 Å². The molecule has 0 radical (unpaired) electrons. The number of methoxy groups -OCH3 is 1. The second-order valence-corrected chi connectivity index (χ2v) is 6.14. The SMILES string of the molecule is COc1ccccc1C(N)C(=O)N(C)Cc1ccc(SC)cc1.Cl. The minimum Gasteiger partial charge on any atom is -0.496 e. The molecular weight excluding hydrogens is 344 g/mol. The Morgan fingerprint density at radius 2 is 1.83 bits per heavy atom. The molecule has 4 nitrogen and oxygen atoms in total. The van der Waals surface area contributed by atoms with Gasteiger partial charge in [0.05, 0.1) is 7.11 Å². The van der Waals surface area contributed by atoms with Crippen LogP contribution < -0.4 is 10.5 Å². The molecule has 2 N–H and O–H groups in total. The van der Waals surface area contributed by atoms with Crippen LogP contribution in [0.15, 0.2) is 53.4 Å². The van der Waals surface area contributed by atoms with E-state index in [0.29, 0.717) is 17.9 Å². The number of carbonyl (C=O) groups is 1. The lowest BCUT2D eigenvalue weighted by Gasteiger charge is -2.22. The van der Waals surface area contributed by atoms with Crippen LogP contribution in [0.1, 0.15) is 17.2 Å². The van der Waals surface area contributed by atoms with Crippen molar-refractivity contribution in [1.82, 2.24) is 4.90 Å². The monoisotopic (exact) mass is 366 g/mol. The largest absolute Gasteiger partial charge is 0.496 e. The van der Waals surface area contributed by atoms with Crippen LogP contribution >= 0.6 is 24.2 Å². The maximum Gasteiger partial charge on any atom is 0.244 e. The third-order valence-corrected chi connectivity index (χ3v) is 4.44. The molecule has 0 aliphatic heterocycles. The lowest BCUT2D eigenvalue weighted by atomic mass is 10.0. The van der Waals surface area contributed by atoms with Gasteiger partial charge in [-0.05, 0) is 30.0 Å². The second kappa shape index (κ2) is 9.57. The third kappa shape index (κ3) is 4.90. The number of amides is 1. The summed E-state index contributed by atoms with van der Waals surface area (Å²) in [6, 6.07) is 14.8. The van der Waals surface area contributed by atoms with Crippen LogP contribution in [0.2, 0.25) is 0 Å². The minimum atomic E-state index is -0.735. The number of rotatable bonds is 6. The number of ether oxygens (including phenoxy) is 1. The van der Waals surface area contributed by atoms with E-state index in [1.54, 1.807) is 30.8 Å². The summed E-state index contributed by atoms with van der Waals surface area (Å²) in [6.45, 7) is 0.524. The van der Waals surface area contributed by atoms with Gasteiger partial charge in [0, 0.05) is 24.1 Å². The molecule has 0 heterocycles. The van der Waals surface area contributed by atoms with Gasteiger partial charge in [-0.3, -0.25) is 4.79 Å². The quantitative estimate of drug-likeness (QED) is 0.795. The summed E-state index contributed by atoms with van der Waals surface area (Å²) >= 11 is 1.69. The molecule has 6 heteroatoms. The van der Waals surface area contributed by atoms with E-state index in [4.69, 9.17) is 10.5 Å². The normalized spacial score (nSPS) is 11.3. The lowest BCUT2D eigenvalue weighted by Crippen LogP contribution is -2.35. The number of hydrogen-bond acceptors (Lipinski definition) is 4. The Balaban J connectivity index is 0.00000288. The fraction of sp³-hybridized carbons (Fsp3) is 0.278. The third-order valence-electron chi connectivity index (χ3n) is 3.70. The number of benzene rings is 2. The summed E-state index contributed by atoms with van der Waals surface area (Å²) in [5, 5.41) is 0. The average molecular weight is 367 g/mol. The molecule has 0 fully saturated rings. The number of hydrogen-bond donors (Lipinski definition) is 1. The molecule has 1 atom stereocenters. The van der Waals surface area contributed by atoms with Crippen LogP contribution in [0.5, 0.6) is 5.75 Å². The highest BCUT2D eigenvalue weighted by molar-refractivity contribution is 7.98. The summed E-state index contributed by atoms with van der Waals surface area (Å²) in [7, 11) is 3.34. The highest BCUT2D eigenvalue weighted by Crippen LogP contribution is 2.25. The van der Waals surface area contributed by atoms with Crippen LogP contribution in [0, 0.1) is 0 Å². The van der Waals surface area contributed by atoms with Crippen LogP contribution in [0.4, 0.5) is 0 Å². The van der Waals surface area contributed by atoms with Gasteiger partial charge in [0.25, 0.3) is 0 Å². The van der Waals surface area contributed by atoms with Gasteiger partial charge in [0.1, 0.15) is 11.8 Å². The summed E-state index contributed by atoms with van der Waals surface area (Å²) in [5.74, 6) is 0.495. The first kappa shape index (κ1) is 20.4. The average Bonchev–Trinajstić information content (AvgIpc) is 2.61. The van der Waals surface area contributed by atoms with E-state index in [1.807, 2.05) is 42.7 Å². The first-order valence-corrected chi connectivity index (χ1v) is 8.55. The Kier molecular flexibility index (Phi) is 8.11. The molecule has 0 aliphatic rings. The fourth-order valence-electron chi connectivity index (χ4n) is 2.38. The Morgan fingerprint density at radius 3 is 2.42 bits per heavy atom. The molecule has 0 saturated heterocycles. The van der Waals surface area contributed by atoms with Crippen LogP contribution in [0.25, 0.3) is 0 Å². The van der Waals surface area contributed by atoms with Crippen molar-refractivity contribution >= 4 is 30.1 Å². The van der Waals surface area contributed by atoms with E-state index in [0.717, 1.165) is 5.56 Å². The number of halogens is 1. The van der Waals surface area contributed by atoms with E-state index in [9.17, 15) is 4.79 Å². The molecule has 1 unspecified atom stereocenters. The molecule has 2 aromatic carbocycles. The van der Waals surface area contributed by atoms with Gasteiger partial charge < -0.3 is 15.4 Å². The van der Waals surface area contributed by atoms with Crippen molar-refractivity contribution in [2.45, 2.75) is 17.5 Å². The van der Waals surface area contributed by atoms with E-state index in [1.165, 1.54) is 4.90 Å². The summed E-state index contributed by atoms with van der Waals surface area (Å²) in [4.78, 5) is 15.4. The zero-order chi connectivity index (χ0) is 16.8. The van der Waals surface area contributed by atoms with Gasteiger partial charge in [0.2, 0.25) is 5.91 Å². The molecule has 0 aromatic heterocycles. The maximum absolute atomic E-state index is 12.6. The van der Waals surface area contributed by atoms with Crippen molar-refractivity contribution < 1.29 is 9.53 Å². The molecule has 0 spiro atoms. The van der Waals surface area contributed by atoms with Crippen LogP contribution in [-0.2, 0) is 11.3 Å². The standard InChI is InChI=1S/C18H22N2O2S.ClH/c1-20(12-13-8-10-14(23-3)11-9-13)18(21)17(19)15-6-4-5-7-16(15)22-2;/h4-11,17H,12,19H2,1-3H3;1H. The lowest BCUT2D eigenvalue weighted by molar-refractivity contribution is -0.132. The smallest absolute Gasteiger partial charge is 0.244 e. The van der Waals surface area contributed by atoms with Crippen molar-refractivity contribution in [3.05, 3.63) is 59.7 Å². The Morgan fingerprint density at radius 1 is 1.21 bits per heavy atom. The zero-order valence-corrected chi connectivity index (χ0v) is 15.7. The molecule has 0 saturated carbocycles. The fourth-order valence-corrected chi connectivity index (χ4v) is 2.78. The van der Waals surface area contributed by atoms with Gasteiger partial charge >= 0.3 is 0 Å². The predicted octanol–water partition coefficient (Wildman–Crippen LogP) is 3.50. The van der Waals surface area contributed by atoms with Gasteiger partial charge in [-0.25, -0.2) is 0 Å². The topological polar surface area (TPSA) is 55.6 Å². The van der Waals surface area contributed by atoms with Crippen molar-refractivity contribution in [2.75, 3.05) is 20.4 Å². The van der Waals surface area contributed by atoms with Gasteiger partial charge in [-0.1, -0.05) is 30.3 Å². The van der Waals surface area contributed by atoms with E-state index >= 15 is 0 Å². The molecule has 2 rings (SSSR count). The molecule has 2 aromatic rings. The summed E-state index contributed by atoms with van der Waals surface area (Å²) in [5.41, 5.74) is 7.91. The summed E-state index contributed by atoms with van der Waals surface area (Å²) in [6.07, 6.45) is 2.04. The maximum atomic E-state index is 12.6.